The highest BCUT2D eigenvalue weighted by atomic mass is 79.9. The minimum Gasteiger partial charge on any atom is -0.411 e. The summed E-state index contributed by atoms with van der Waals surface area (Å²) in [6.45, 7) is 1.92. The molecule has 11 heavy (non-hydrogen) atoms. The molecule has 0 aromatic carbocycles. The third-order valence-electron chi connectivity index (χ3n) is 1.24. The van der Waals surface area contributed by atoms with E-state index in [1.54, 1.807) is 6.20 Å². The highest BCUT2D eigenvalue weighted by molar-refractivity contribution is 9.10. The minimum atomic E-state index is 0.785. The molecule has 0 atom stereocenters. The molecule has 0 amide bonds. The Morgan fingerprint density at radius 1 is 1.73 bits per heavy atom. The summed E-state index contributed by atoms with van der Waals surface area (Å²) in [6.07, 6.45) is 2.96. The van der Waals surface area contributed by atoms with Gasteiger partial charge in [-0.05, 0) is 34.5 Å². The van der Waals surface area contributed by atoms with E-state index in [4.69, 9.17) is 5.21 Å². The second-order valence-corrected chi connectivity index (χ2v) is 2.87. The van der Waals surface area contributed by atoms with Gasteiger partial charge in [-0.15, -0.1) is 0 Å². The van der Waals surface area contributed by atoms with Crippen LogP contribution in [0.2, 0.25) is 0 Å². The van der Waals surface area contributed by atoms with E-state index < -0.39 is 0 Å². The normalized spacial score (nSPS) is 10.7. The standard InChI is InChI=1S/C7H7BrN2O/c1-5-2-6(4-10-11)3-9-7(5)8/h2-4,11H,1H3. The second-order valence-electron chi connectivity index (χ2n) is 2.12. The minimum absolute atomic E-state index is 0.785. The van der Waals surface area contributed by atoms with Crippen molar-refractivity contribution in [2.75, 3.05) is 0 Å². The molecule has 0 aliphatic heterocycles. The van der Waals surface area contributed by atoms with Crippen LogP contribution in [0, 0.1) is 6.92 Å². The van der Waals surface area contributed by atoms with Crippen LogP contribution in [0.1, 0.15) is 11.1 Å². The molecule has 1 heterocycles. The Morgan fingerprint density at radius 3 is 3.00 bits per heavy atom. The Kier molecular flexibility index (Phi) is 2.59. The van der Waals surface area contributed by atoms with Crippen LogP contribution >= 0.6 is 15.9 Å². The van der Waals surface area contributed by atoms with Crippen LogP contribution in [0.25, 0.3) is 0 Å². The monoisotopic (exact) mass is 214 g/mol. The van der Waals surface area contributed by atoms with Gasteiger partial charge in [0.15, 0.2) is 0 Å². The van der Waals surface area contributed by atoms with E-state index in [2.05, 4.69) is 26.1 Å². The van der Waals surface area contributed by atoms with Crippen LogP contribution < -0.4 is 0 Å². The Bertz CT molecular complexity index is 286. The van der Waals surface area contributed by atoms with Gasteiger partial charge in [0.1, 0.15) is 4.60 Å². The maximum absolute atomic E-state index is 8.21. The summed E-state index contributed by atoms with van der Waals surface area (Å²) >= 11 is 3.26. The second kappa shape index (κ2) is 3.48. The number of halogens is 1. The summed E-state index contributed by atoms with van der Waals surface area (Å²) in [7, 11) is 0. The molecule has 0 saturated heterocycles. The Balaban J connectivity index is 3.05. The van der Waals surface area contributed by atoms with Crippen molar-refractivity contribution < 1.29 is 5.21 Å². The number of aromatic nitrogens is 1. The highest BCUT2D eigenvalue weighted by Crippen LogP contribution is 2.12. The molecule has 4 heteroatoms. The van der Waals surface area contributed by atoms with E-state index in [-0.39, 0.29) is 0 Å². The fourth-order valence-corrected chi connectivity index (χ4v) is 0.934. The molecule has 1 aromatic rings. The van der Waals surface area contributed by atoms with Gasteiger partial charge in [0.2, 0.25) is 0 Å². The molecule has 3 nitrogen and oxygen atoms in total. The van der Waals surface area contributed by atoms with E-state index in [1.807, 2.05) is 13.0 Å². The van der Waals surface area contributed by atoms with Crippen molar-refractivity contribution in [2.45, 2.75) is 6.92 Å². The van der Waals surface area contributed by atoms with Gasteiger partial charge in [0.25, 0.3) is 0 Å². The van der Waals surface area contributed by atoms with Crippen molar-refractivity contribution in [1.82, 2.24) is 4.98 Å². The number of nitrogens with zero attached hydrogens (tertiary/aromatic N) is 2. The van der Waals surface area contributed by atoms with E-state index in [0.29, 0.717) is 0 Å². The molecule has 0 fully saturated rings. The molecule has 0 saturated carbocycles. The Hall–Kier alpha value is -0.900. The maximum Gasteiger partial charge on any atom is 0.109 e. The number of pyridine rings is 1. The summed E-state index contributed by atoms with van der Waals surface area (Å²) in [5, 5.41) is 11.1. The first kappa shape index (κ1) is 8.20. The first-order chi connectivity index (χ1) is 5.24. The summed E-state index contributed by atoms with van der Waals surface area (Å²) in [4.78, 5) is 4.01. The zero-order valence-electron chi connectivity index (χ0n) is 5.95. The number of hydrogen-bond acceptors (Lipinski definition) is 3. The van der Waals surface area contributed by atoms with Gasteiger partial charge in [-0.1, -0.05) is 5.16 Å². The molecular weight excluding hydrogens is 208 g/mol. The van der Waals surface area contributed by atoms with Crippen LogP contribution in [0.3, 0.4) is 0 Å². The predicted molar refractivity (Wildman–Crippen MR) is 46.1 cm³/mol. The zero-order chi connectivity index (χ0) is 8.27. The molecule has 0 aliphatic carbocycles. The summed E-state index contributed by atoms with van der Waals surface area (Å²) < 4.78 is 0.813. The van der Waals surface area contributed by atoms with Crippen LogP contribution in [0.4, 0.5) is 0 Å². The molecule has 1 aromatic heterocycles. The zero-order valence-corrected chi connectivity index (χ0v) is 7.54. The van der Waals surface area contributed by atoms with Crippen molar-refractivity contribution in [3.8, 4) is 0 Å². The lowest BCUT2D eigenvalue weighted by Gasteiger charge is -1.96. The smallest absolute Gasteiger partial charge is 0.109 e. The van der Waals surface area contributed by atoms with E-state index in [0.717, 1.165) is 15.7 Å². The third-order valence-corrected chi connectivity index (χ3v) is 2.07. The molecular formula is C7H7BrN2O. The average Bonchev–Trinajstić information content (AvgIpc) is 1.98. The Labute approximate surface area is 72.9 Å². The summed E-state index contributed by atoms with van der Waals surface area (Å²) in [5.74, 6) is 0. The van der Waals surface area contributed by atoms with Crippen molar-refractivity contribution in [3.05, 3.63) is 28.0 Å². The fourth-order valence-electron chi connectivity index (χ4n) is 0.717. The lowest BCUT2D eigenvalue weighted by atomic mass is 10.2. The van der Waals surface area contributed by atoms with E-state index in [1.165, 1.54) is 6.21 Å². The van der Waals surface area contributed by atoms with E-state index >= 15 is 0 Å². The lowest BCUT2D eigenvalue weighted by Crippen LogP contribution is -1.87. The molecule has 58 valence electrons. The van der Waals surface area contributed by atoms with Crippen molar-refractivity contribution in [1.29, 1.82) is 0 Å². The van der Waals surface area contributed by atoms with Gasteiger partial charge in [-0.3, -0.25) is 0 Å². The average molecular weight is 215 g/mol. The molecule has 0 radical (unpaired) electrons. The molecule has 1 N–H and O–H groups in total. The quantitative estimate of drug-likeness (QED) is 0.337. The van der Waals surface area contributed by atoms with Crippen molar-refractivity contribution in [2.24, 2.45) is 5.16 Å². The van der Waals surface area contributed by atoms with Gasteiger partial charge < -0.3 is 5.21 Å². The first-order valence-corrected chi connectivity index (χ1v) is 3.83. The van der Waals surface area contributed by atoms with E-state index in [9.17, 15) is 0 Å². The van der Waals surface area contributed by atoms with Crippen LogP contribution in [-0.2, 0) is 0 Å². The van der Waals surface area contributed by atoms with Crippen LogP contribution in [0.15, 0.2) is 22.0 Å². The number of rotatable bonds is 1. The van der Waals surface area contributed by atoms with Crippen LogP contribution in [0.5, 0.6) is 0 Å². The van der Waals surface area contributed by atoms with Gasteiger partial charge in [0.05, 0.1) is 6.21 Å². The molecule has 0 spiro atoms. The van der Waals surface area contributed by atoms with Gasteiger partial charge >= 0.3 is 0 Å². The molecule has 0 unspecified atom stereocenters. The molecule has 1 rings (SSSR count). The van der Waals surface area contributed by atoms with Crippen molar-refractivity contribution >= 4 is 22.1 Å². The number of hydrogen-bond donors (Lipinski definition) is 1. The maximum atomic E-state index is 8.21. The SMILES string of the molecule is Cc1cc(C=NO)cnc1Br. The van der Waals surface area contributed by atoms with Crippen molar-refractivity contribution in [3.63, 3.8) is 0 Å². The largest absolute Gasteiger partial charge is 0.411 e. The Morgan fingerprint density at radius 2 is 2.45 bits per heavy atom. The first-order valence-electron chi connectivity index (χ1n) is 3.03. The predicted octanol–water partition coefficient (Wildman–Crippen LogP) is 1.96. The van der Waals surface area contributed by atoms with Gasteiger partial charge in [-0.2, -0.15) is 0 Å². The molecule has 0 aliphatic rings. The summed E-state index contributed by atoms with van der Waals surface area (Å²) in [6, 6.07) is 1.87. The molecule has 0 bridgehead atoms. The van der Waals surface area contributed by atoms with Gasteiger partial charge in [0, 0.05) is 11.8 Å². The van der Waals surface area contributed by atoms with Gasteiger partial charge in [-0.25, -0.2) is 4.98 Å². The lowest BCUT2D eigenvalue weighted by molar-refractivity contribution is 0.322. The number of aryl methyl sites for hydroxylation is 1. The third kappa shape index (κ3) is 2.01. The number of oxime groups is 1. The highest BCUT2D eigenvalue weighted by Gasteiger charge is 1.95. The summed E-state index contributed by atoms with van der Waals surface area (Å²) in [5.41, 5.74) is 1.80. The van der Waals surface area contributed by atoms with Crippen LogP contribution in [-0.4, -0.2) is 16.4 Å². The topological polar surface area (TPSA) is 45.5 Å². The fraction of sp³-hybridized carbons (Fsp3) is 0.143.